The second-order valence-electron chi connectivity index (χ2n) is 6.90. The van der Waals surface area contributed by atoms with Crippen molar-refractivity contribution in [3.63, 3.8) is 0 Å². The molecule has 0 bridgehead atoms. The molecule has 4 rings (SSSR count). The quantitative estimate of drug-likeness (QED) is 0.735. The van der Waals surface area contributed by atoms with Gasteiger partial charge in [0.2, 0.25) is 0 Å². The van der Waals surface area contributed by atoms with Crippen molar-refractivity contribution in [2.45, 2.75) is 25.1 Å². The highest BCUT2D eigenvalue weighted by Gasteiger charge is 2.36. The average Bonchev–Trinajstić information content (AvgIpc) is 3.34. The summed E-state index contributed by atoms with van der Waals surface area (Å²) in [7, 11) is 0. The Balaban J connectivity index is 1.48. The molecule has 2 atom stereocenters. The standard InChI is InChI=1S/C22H23N3O2/c23-18-13-21(20-12-11-19(24-20)17-9-5-2-6-10-17)25(14-18)22(26)27-15-16-7-3-1-4-8-16/h1-12,18,21,24H,13-15,23H2/t18-,21-/m0/s1. The third kappa shape index (κ3) is 3.88. The molecule has 1 fully saturated rings. The highest BCUT2D eigenvalue weighted by Crippen LogP contribution is 2.33. The van der Waals surface area contributed by atoms with Gasteiger partial charge in [0.15, 0.2) is 0 Å². The van der Waals surface area contributed by atoms with Crippen LogP contribution in [0.3, 0.4) is 0 Å². The number of nitrogens with two attached hydrogens (primary N) is 1. The number of aromatic nitrogens is 1. The summed E-state index contributed by atoms with van der Waals surface area (Å²) >= 11 is 0. The van der Waals surface area contributed by atoms with Gasteiger partial charge in [-0.25, -0.2) is 4.79 Å². The highest BCUT2D eigenvalue weighted by atomic mass is 16.6. The Hall–Kier alpha value is -3.05. The van der Waals surface area contributed by atoms with Crippen LogP contribution in [0, 0.1) is 0 Å². The second kappa shape index (κ2) is 7.68. The maximum atomic E-state index is 12.7. The number of nitrogens with zero attached hydrogens (tertiary/aromatic N) is 1. The van der Waals surface area contributed by atoms with Crippen LogP contribution in [-0.4, -0.2) is 28.6 Å². The Bertz CT molecular complexity index is 892. The van der Waals surface area contributed by atoms with Gasteiger partial charge in [-0.3, -0.25) is 4.90 Å². The lowest BCUT2D eigenvalue weighted by Gasteiger charge is -2.23. The molecule has 2 aromatic carbocycles. The van der Waals surface area contributed by atoms with Gasteiger partial charge in [-0.1, -0.05) is 60.7 Å². The van der Waals surface area contributed by atoms with Crippen LogP contribution in [-0.2, 0) is 11.3 Å². The average molecular weight is 361 g/mol. The van der Waals surface area contributed by atoms with Gasteiger partial charge in [0, 0.05) is 24.0 Å². The second-order valence-corrected chi connectivity index (χ2v) is 6.90. The zero-order valence-electron chi connectivity index (χ0n) is 15.0. The summed E-state index contributed by atoms with van der Waals surface area (Å²) in [6.45, 7) is 0.760. The Labute approximate surface area is 158 Å². The van der Waals surface area contributed by atoms with Crippen molar-refractivity contribution >= 4 is 6.09 Å². The predicted molar refractivity (Wildman–Crippen MR) is 105 cm³/mol. The largest absolute Gasteiger partial charge is 0.445 e. The molecule has 3 aromatic rings. The fourth-order valence-electron chi connectivity index (χ4n) is 3.56. The minimum Gasteiger partial charge on any atom is -0.445 e. The Morgan fingerprint density at radius 1 is 1.04 bits per heavy atom. The first-order valence-corrected chi connectivity index (χ1v) is 9.18. The molecule has 0 aliphatic carbocycles. The number of benzene rings is 2. The summed E-state index contributed by atoms with van der Waals surface area (Å²) in [6.07, 6.45) is 0.391. The van der Waals surface area contributed by atoms with E-state index in [4.69, 9.17) is 10.5 Å². The van der Waals surface area contributed by atoms with E-state index in [1.807, 2.05) is 60.7 Å². The van der Waals surface area contributed by atoms with Crippen LogP contribution < -0.4 is 5.73 Å². The number of carbonyl (C=O) groups excluding carboxylic acids is 1. The van der Waals surface area contributed by atoms with E-state index in [9.17, 15) is 4.79 Å². The molecule has 1 saturated heterocycles. The van der Waals surface area contributed by atoms with Crippen LogP contribution in [0.2, 0.25) is 0 Å². The molecule has 0 radical (unpaired) electrons. The molecule has 1 amide bonds. The summed E-state index contributed by atoms with van der Waals surface area (Å²) < 4.78 is 5.52. The van der Waals surface area contributed by atoms with Crippen molar-refractivity contribution in [2.75, 3.05) is 6.54 Å². The maximum absolute atomic E-state index is 12.7. The van der Waals surface area contributed by atoms with Crippen LogP contribution in [0.1, 0.15) is 23.7 Å². The van der Waals surface area contributed by atoms with Crippen LogP contribution in [0.25, 0.3) is 11.3 Å². The fraction of sp³-hybridized carbons (Fsp3) is 0.227. The lowest BCUT2D eigenvalue weighted by Crippen LogP contribution is -2.33. The van der Waals surface area contributed by atoms with Gasteiger partial charge in [-0.2, -0.15) is 0 Å². The first-order valence-electron chi connectivity index (χ1n) is 9.18. The van der Waals surface area contributed by atoms with E-state index in [2.05, 4.69) is 17.1 Å². The fourth-order valence-corrected chi connectivity index (χ4v) is 3.56. The summed E-state index contributed by atoms with van der Waals surface area (Å²) in [5.41, 5.74) is 10.3. The van der Waals surface area contributed by atoms with Gasteiger partial charge in [-0.15, -0.1) is 0 Å². The smallest absolute Gasteiger partial charge is 0.410 e. The third-order valence-electron chi connectivity index (χ3n) is 4.93. The first-order chi connectivity index (χ1) is 13.2. The van der Waals surface area contributed by atoms with E-state index in [1.165, 1.54) is 0 Å². The molecule has 5 heteroatoms. The number of nitrogens with one attached hydrogen (secondary N) is 1. The lowest BCUT2D eigenvalue weighted by atomic mass is 10.1. The van der Waals surface area contributed by atoms with Crippen LogP contribution in [0.5, 0.6) is 0 Å². The number of likely N-dealkylation sites (tertiary alicyclic amines) is 1. The minimum absolute atomic E-state index is 0.0530. The third-order valence-corrected chi connectivity index (χ3v) is 4.93. The van der Waals surface area contributed by atoms with Crippen LogP contribution in [0.4, 0.5) is 4.79 Å². The number of ether oxygens (including phenoxy) is 1. The predicted octanol–water partition coefficient (Wildman–Crippen LogP) is 4.09. The molecule has 1 aliphatic rings. The maximum Gasteiger partial charge on any atom is 0.410 e. The first kappa shape index (κ1) is 17.4. The number of aromatic amines is 1. The van der Waals surface area contributed by atoms with Crippen LogP contribution in [0.15, 0.2) is 72.8 Å². The van der Waals surface area contributed by atoms with Crippen molar-refractivity contribution in [1.29, 1.82) is 0 Å². The molecule has 5 nitrogen and oxygen atoms in total. The van der Waals surface area contributed by atoms with Gasteiger partial charge in [0.1, 0.15) is 6.61 Å². The number of amides is 1. The number of hydrogen-bond acceptors (Lipinski definition) is 3. The number of hydrogen-bond donors (Lipinski definition) is 2. The van der Waals surface area contributed by atoms with Gasteiger partial charge in [-0.05, 0) is 29.7 Å². The van der Waals surface area contributed by atoms with E-state index in [0.29, 0.717) is 6.54 Å². The van der Waals surface area contributed by atoms with Gasteiger partial charge < -0.3 is 15.5 Å². The number of rotatable bonds is 4. The SMILES string of the molecule is N[C@H]1C[C@@H](c2ccc(-c3ccccc3)[nH]2)N(C(=O)OCc2ccccc2)C1. The number of H-pyrrole nitrogens is 1. The summed E-state index contributed by atoms with van der Waals surface area (Å²) in [5, 5.41) is 0. The van der Waals surface area contributed by atoms with Crippen molar-refractivity contribution < 1.29 is 9.53 Å². The monoisotopic (exact) mass is 361 g/mol. The van der Waals surface area contributed by atoms with Gasteiger partial charge in [0.25, 0.3) is 0 Å². The minimum atomic E-state index is -0.326. The molecule has 138 valence electrons. The molecule has 3 N–H and O–H groups in total. The molecule has 1 aliphatic heterocycles. The van der Waals surface area contributed by atoms with Gasteiger partial charge >= 0.3 is 6.09 Å². The summed E-state index contributed by atoms with van der Waals surface area (Å²) in [6, 6.07) is 23.7. The Morgan fingerprint density at radius 3 is 2.48 bits per heavy atom. The molecule has 2 heterocycles. The van der Waals surface area contributed by atoms with Gasteiger partial charge in [0.05, 0.1) is 6.04 Å². The molecule has 0 unspecified atom stereocenters. The lowest BCUT2D eigenvalue weighted by molar-refractivity contribution is 0.0913. The molecular formula is C22H23N3O2. The zero-order chi connectivity index (χ0) is 18.6. The topological polar surface area (TPSA) is 71.4 Å². The van der Waals surface area contributed by atoms with Crippen LogP contribution >= 0.6 is 0 Å². The summed E-state index contributed by atoms with van der Waals surface area (Å²) in [5.74, 6) is 0. The molecular weight excluding hydrogens is 338 g/mol. The normalized spacial score (nSPS) is 19.2. The highest BCUT2D eigenvalue weighted by molar-refractivity contribution is 5.69. The van der Waals surface area contributed by atoms with E-state index in [0.717, 1.165) is 28.9 Å². The molecule has 27 heavy (non-hydrogen) atoms. The Morgan fingerprint density at radius 2 is 1.74 bits per heavy atom. The van der Waals surface area contributed by atoms with E-state index >= 15 is 0 Å². The summed E-state index contributed by atoms with van der Waals surface area (Å²) in [4.78, 5) is 17.8. The molecule has 0 spiro atoms. The zero-order valence-corrected chi connectivity index (χ0v) is 15.0. The van der Waals surface area contributed by atoms with E-state index in [-0.39, 0.29) is 24.8 Å². The van der Waals surface area contributed by atoms with Crippen molar-refractivity contribution in [2.24, 2.45) is 5.73 Å². The van der Waals surface area contributed by atoms with Crippen molar-refractivity contribution in [3.8, 4) is 11.3 Å². The Kier molecular flexibility index (Phi) is 4.94. The van der Waals surface area contributed by atoms with E-state index < -0.39 is 0 Å². The van der Waals surface area contributed by atoms with Crippen molar-refractivity contribution in [3.05, 3.63) is 84.1 Å². The van der Waals surface area contributed by atoms with E-state index in [1.54, 1.807) is 4.90 Å². The molecule has 1 aromatic heterocycles. The number of carbonyl (C=O) groups is 1. The molecule has 0 saturated carbocycles. The van der Waals surface area contributed by atoms with Crippen molar-refractivity contribution in [1.82, 2.24) is 9.88 Å².